The second-order valence-corrected chi connectivity index (χ2v) is 19.1. The summed E-state index contributed by atoms with van der Waals surface area (Å²) in [7, 11) is 0. The van der Waals surface area contributed by atoms with Crippen LogP contribution in [0.1, 0.15) is 22.3 Å². The van der Waals surface area contributed by atoms with Crippen molar-refractivity contribution in [2.24, 2.45) is 0 Å². The smallest absolute Gasteiger partial charge is 0.227 e. The van der Waals surface area contributed by atoms with Crippen LogP contribution >= 0.6 is 0 Å². The molecule has 72 heavy (non-hydrogen) atoms. The molecule has 0 radical (unpaired) electrons. The summed E-state index contributed by atoms with van der Waals surface area (Å²) >= 11 is 0. The van der Waals surface area contributed by atoms with Crippen molar-refractivity contribution in [3.63, 3.8) is 0 Å². The van der Waals surface area contributed by atoms with Crippen LogP contribution in [0.2, 0.25) is 0 Å². The Labute approximate surface area is 412 Å². The van der Waals surface area contributed by atoms with Gasteiger partial charge < -0.3 is 13.6 Å². The Balaban J connectivity index is 0.872. The Kier molecular flexibility index (Phi) is 8.03. The second kappa shape index (κ2) is 14.7. The Morgan fingerprint density at radius 1 is 0.278 bits per heavy atom. The molecule has 2 aromatic heterocycles. The first-order chi connectivity index (χ1) is 35.7. The van der Waals surface area contributed by atoms with E-state index in [1.54, 1.807) is 0 Å². The molecule has 16 rings (SSSR count). The molecular weight excluding hydrogens is 881 g/mol. The van der Waals surface area contributed by atoms with E-state index in [1.165, 1.54) is 22.3 Å². The van der Waals surface area contributed by atoms with Gasteiger partial charge in [-0.3, -0.25) is 0 Å². The van der Waals surface area contributed by atoms with Crippen LogP contribution < -0.4 is 4.74 Å². The predicted octanol–water partition coefficient (Wildman–Crippen LogP) is 17.7. The molecule has 12 aromatic carbocycles. The summed E-state index contributed by atoms with van der Waals surface area (Å²) in [5.41, 5.74) is 15.9. The lowest BCUT2D eigenvalue weighted by Gasteiger charge is -2.39. The van der Waals surface area contributed by atoms with E-state index in [0.29, 0.717) is 11.8 Å². The van der Waals surface area contributed by atoms with Crippen LogP contribution in [-0.4, -0.2) is 9.97 Å². The number of benzene rings is 12. The van der Waals surface area contributed by atoms with E-state index in [2.05, 4.69) is 231 Å². The quantitative estimate of drug-likeness (QED) is 0.165. The van der Waals surface area contributed by atoms with Crippen molar-refractivity contribution in [2.45, 2.75) is 5.41 Å². The lowest BCUT2D eigenvalue weighted by molar-refractivity contribution is 0.436. The molecule has 0 atom stereocenters. The normalized spacial score (nSPS) is 13.2. The molecule has 1 aliphatic carbocycles. The Hall–Kier alpha value is -9.58. The molecule has 0 bridgehead atoms. The van der Waals surface area contributed by atoms with Crippen LogP contribution in [-0.2, 0) is 5.41 Å². The SMILES string of the molecule is c1ccc2c(c1)Oc1ccccc1C21c2ccccc2-c2ccc(-c3ccc(-c4cc(-c5nc6c7ccccc7c7ccccc7c6o5)cc(-c5nc6c7ccccc7c7ccccc7c6o5)c4)cc3)cc21. The standard InChI is InChI=1S/C67H38N2O3/c1-5-20-51-45(15-1)47-17-3-7-22-53(47)63-61(51)68-65(71-63)43-35-42(36-44(37-43)66-69-62-52-21-6-2-16-46(52)48-18-4-8-23-54(48)64(62)72-66)40-31-29-39(30-32-40)41-33-34-50-49-19-9-10-24-55(49)67(58(50)38-41)56-25-11-13-27-59(56)70-60-28-14-12-26-57(60)67/h1-38H. The van der Waals surface area contributed by atoms with Gasteiger partial charge >= 0.3 is 0 Å². The number of nitrogens with zero attached hydrogens (tertiary/aromatic N) is 2. The molecule has 14 aromatic rings. The Bertz CT molecular complexity index is 4250. The molecule has 0 fully saturated rings. The summed E-state index contributed by atoms with van der Waals surface area (Å²) in [6, 6.07) is 82.0. The molecule has 0 unspecified atom stereocenters. The summed E-state index contributed by atoms with van der Waals surface area (Å²) in [6.07, 6.45) is 0. The van der Waals surface area contributed by atoms with Gasteiger partial charge in [-0.1, -0.05) is 194 Å². The van der Waals surface area contributed by atoms with E-state index in [1.807, 2.05) is 0 Å². The molecule has 5 nitrogen and oxygen atoms in total. The largest absolute Gasteiger partial charge is 0.457 e. The molecule has 5 heteroatoms. The summed E-state index contributed by atoms with van der Waals surface area (Å²) in [4.78, 5) is 10.6. The number of para-hydroxylation sites is 2. The summed E-state index contributed by atoms with van der Waals surface area (Å²) in [5, 5.41) is 8.72. The van der Waals surface area contributed by atoms with E-state index in [0.717, 1.165) is 121 Å². The van der Waals surface area contributed by atoms with Gasteiger partial charge in [0.1, 0.15) is 22.5 Å². The number of fused-ring (bicyclic) bond motifs is 21. The van der Waals surface area contributed by atoms with Crippen molar-refractivity contribution in [1.82, 2.24) is 9.97 Å². The topological polar surface area (TPSA) is 61.3 Å². The van der Waals surface area contributed by atoms with Crippen molar-refractivity contribution in [3.05, 3.63) is 253 Å². The average Bonchev–Trinajstić information content (AvgIpc) is 4.19. The third-order valence-electron chi connectivity index (χ3n) is 15.4. The number of aromatic nitrogens is 2. The molecule has 2 aliphatic rings. The highest BCUT2D eigenvalue weighted by atomic mass is 16.5. The lowest BCUT2D eigenvalue weighted by atomic mass is 9.66. The fourth-order valence-corrected chi connectivity index (χ4v) is 12.2. The fraction of sp³-hybridized carbons (Fsp3) is 0.0149. The van der Waals surface area contributed by atoms with Crippen molar-refractivity contribution >= 4 is 65.3 Å². The van der Waals surface area contributed by atoms with Gasteiger partial charge in [0, 0.05) is 43.8 Å². The first-order valence-corrected chi connectivity index (χ1v) is 24.5. The third kappa shape index (κ3) is 5.42. The highest BCUT2D eigenvalue weighted by Crippen LogP contribution is 2.62. The number of hydrogen-bond donors (Lipinski definition) is 0. The van der Waals surface area contributed by atoms with Crippen LogP contribution in [0, 0.1) is 0 Å². The lowest BCUT2D eigenvalue weighted by Crippen LogP contribution is -2.32. The third-order valence-corrected chi connectivity index (χ3v) is 15.4. The van der Waals surface area contributed by atoms with Crippen LogP contribution in [0.15, 0.2) is 239 Å². The zero-order chi connectivity index (χ0) is 47.1. The van der Waals surface area contributed by atoms with E-state index >= 15 is 0 Å². The molecule has 0 saturated heterocycles. The van der Waals surface area contributed by atoms with Gasteiger partial charge in [-0.2, -0.15) is 0 Å². The first kappa shape index (κ1) is 39.3. The van der Waals surface area contributed by atoms with Gasteiger partial charge in [0.15, 0.2) is 11.2 Å². The summed E-state index contributed by atoms with van der Waals surface area (Å²) in [6.45, 7) is 0. The Morgan fingerprint density at radius 3 is 1.21 bits per heavy atom. The van der Waals surface area contributed by atoms with Crippen LogP contribution in [0.5, 0.6) is 11.5 Å². The minimum atomic E-state index is -0.545. The van der Waals surface area contributed by atoms with Gasteiger partial charge in [0.25, 0.3) is 0 Å². The zero-order valence-electron chi connectivity index (χ0n) is 38.6. The monoisotopic (exact) mass is 918 g/mol. The molecule has 0 saturated carbocycles. The van der Waals surface area contributed by atoms with Gasteiger partial charge in [0.2, 0.25) is 11.8 Å². The van der Waals surface area contributed by atoms with Crippen LogP contribution in [0.4, 0.5) is 0 Å². The van der Waals surface area contributed by atoms with Crippen molar-refractivity contribution in [3.8, 4) is 67.8 Å². The maximum absolute atomic E-state index is 6.89. The van der Waals surface area contributed by atoms with E-state index in [9.17, 15) is 0 Å². The van der Waals surface area contributed by atoms with Gasteiger partial charge in [-0.05, 0) is 102 Å². The molecule has 0 amide bonds. The molecule has 3 heterocycles. The number of hydrogen-bond acceptors (Lipinski definition) is 5. The number of oxazole rings is 2. The zero-order valence-corrected chi connectivity index (χ0v) is 38.6. The molecule has 0 N–H and O–H groups in total. The van der Waals surface area contributed by atoms with Gasteiger partial charge in [-0.15, -0.1) is 0 Å². The van der Waals surface area contributed by atoms with E-state index < -0.39 is 5.41 Å². The molecular formula is C67H38N2O3. The highest BCUT2D eigenvalue weighted by Gasteiger charge is 2.51. The maximum Gasteiger partial charge on any atom is 0.227 e. The summed E-state index contributed by atoms with van der Waals surface area (Å²) < 4.78 is 20.4. The number of ether oxygens (including phenoxy) is 1. The van der Waals surface area contributed by atoms with Crippen LogP contribution in [0.3, 0.4) is 0 Å². The van der Waals surface area contributed by atoms with Crippen molar-refractivity contribution in [2.75, 3.05) is 0 Å². The predicted molar refractivity (Wildman–Crippen MR) is 291 cm³/mol. The van der Waals surface area contributed by atoms with Gasteiger partial charge in [-0.25, -0.2) is 9.97 Å². The second-order valence-electron chi connectivity index (χ2n) is 19.1. The Morgan fingerprint density at radius 2 is 0.667 bits per heavy atom. The first-order valence-electron chi connectivity index (χ1n) is 24.5. The highest BCUT2D eigenvalue weighted by molar-refractivity contribution is 6.24. The van der Waals surface area contributed by atoms with E-state index in [4.69, 9.17) is 23.5 Å². The van der Waals surface area contributed by atoms with Crippen LogP contribution in [0.25, 0.3) is 122 Å². The van der Waals surface area contributed by atoms with Gasteiger partial charge in [0.05, 0.1) is 5.41 Å². The average molecular weight is 919 g/mol. The van der Waals surface area contributed by atoms with E-state index in [-0.39, 0.29) is 0 Å². The maximum atomic E-state index is 6.89. The number of rotatable bonds is 4. The minimum Gasteiger partial charge on any atom is -0.457 e. The van der Waals surface area contributed by atoms with Crippen molar-refractivity contribution < 1.29 is 13.6 Å². The molecule has 1 aliphatic heterocycles. The molecule has 1 spiro atoms. The molecule has 334 valence electrons. The minimum absolute atomic E-state index is 0.530. The fourth-order valence-electron chi connectivity index (χ4n) is 12.2. The summed E-state index contributed by atoms with van der Waals surface area (Å²) in [5.74, 6) is 2.83. The van der Waals surface area contributed by atoms with Crippen molar-refractivity contribution in [1.29, 1.82) is 0 Å².